The Morgan fingerprint density at radius 1 is 0.919 bits per heavy atom. The highest BCUT2D eigenvalue weighted by Crippen LogP contribution is 2.50. The Hall–Kier alpha value is -3.41. The van der Waals surface area contributed by atoms with Crippen molar-refractivity contribution in [2.75, 3.05) is 14.2 Å². The first kappa shape index (κ1) is 25.2. The molecule has 194 valence electrons. The molecule has 0 spiro atoms. The lowest BCUT2D eigenvalue weighted by atomic mass is 9.69. The van der Waals surface area contributed by atoms with Crippen molar-refractivity contribution < 1.29 is 23.8 Å². The van der Waals surface area contributed by atoms with E-state index in [2.05, 4.69) is 12.1 Å². The number of methoxy groups -OCH3 is 2. The molecule has 0 aromatic heterocycles. The quantitative estimate of drug-likeness (QED) is 0.444. The Morgan fingerprint density at radius 2 is 1.68 bits per heavy atom. The number of nitrogens with zero attached hydrogens (tertiary/aromatic N) is 1. The first-order valence-electron chi connectivity index (χ1n) is 13.3. The topological polar surface area (TPSA) is 74.2 Å². The molecule has 6 nitrogen and oxygen atoms in total. The second-order valence-corrected chi connectivity index (χ2v) is 10.3. The summed E-state index contributed by atoms with van der Waals surface area (Å²) >= 11 is 0. The van der Waals surface area contributed by atoms with Crippen LogP contribution in [-0.2, 0) is 14.3 Å². The van der Waals surface area contributed by atoms with E-state index in [9.17, 15) is 9.59 Å². The summed E-state index contributed by atoms with van der Waals surface area (Å²) in [4.78, 5) is 32.5. The van der Waals surface area contributed by atoms with Gasteiger partial charge in [0.05, 0.1) is 14.2 Å². The fourth-order valence-corrected chi connectivity index (χ4v) is 6.24. The third-order valence-electron chi connectivity index (χ3n) is 8.02. The number of ether oxygens (including phenoxy) is 3. The van der Waals surface area contributed by atoms with Gasteiger partial charge in [0.15, 0.2) is 17.3 Å². The van der Waals surface area contributed by atoms with Gasteiger partial charge >= 0.3 is 5.97 Å². The fraction of sp³-hybridized carbons (Fsp3) is 0.452. The van der Waals surface area contributed by atoms with E-state index < -0.39 is 11.8 Å². The molecule has 0 N–H and O–H groups in total. The molecule has 3 atom stereocenters. The summed E-state index contributed by atoms with van der Waals surface area (Å²) in [5.74, 6) is -0.374. The van der Waals surface area contributed by atoms with Gasteiger partial charge in [-0.05, 0) is 56.6 Å². The standard InChI is InChI=1S/C31H35NO5/c1-19-27(31(34)37-22-13-8-5-9-14-22)28(23-15-10-16-26(35-2)30(23)36-3)29-24(32-19)17-21(18-25(29)33)20-11-6-4-7-12-20/h4,6-7,10-12,15-16,21-22,27-28H,5,8-9,13-14,17-18H2,1-3H3/t21-,27?,28+/m1/s1. The van der Waals surface area contributed by atoms with Gasteiger partial charge < -0.3 is 14.2 Å². The average molecular weight is 502 g/mol. The van der Waals surface area contributed by atoms with Crippen molar-refractivity contribution >= 4 is 17.5 Å². The smallest absolute Gasteiger partial charge is 0.315 e. The van der Waals surface area contributed by atoms with E-state index in [4.69, 9.17) is 19.2 Å². The molecule has 2 aliphatic carbocycles. The van der Waals surface area contributed by atoms with Gasteiger partial charge in [0, 0.05) is 34.9 Å². The Bertz CT molecular complexity index is 1230. The number of aliphatic imine (C=N–C) groups is 1. The van der Waals surface area contributed by atoms with E-state index in [0.29, 0.717) is 35.6 Å². The molecule has 1 saturated carbocycles. The van der Waals surface area contributed by atoms with Crippen molar-refractivity contribution in [1.82, 2.24) is 0 Å². The summed E-state index contributed by atoms with van der Waals surface area (Å²) in [7, 11) is 3.18. The minimum absolute atomic E-state index is 0.0247. The molecule has 0 saturated heterocycles. The van der Waals surface area contributed by atoms with Crippen LogP contribution in [-0.4, -0.2) is 37.8 Å². The van der Waals surface area contributed by atoms with Gasteiger partial charge in [-0.3, -0.25) is 14.6 Å². The van der Waals surface area contributed by atoms with Crippen molar-refractivity contribution in [2.45, 2.75) is 69.8 Å². The van der Waals surface area contributed by atoms with Gasteiger partial charge in [-0.1, -0.05) is 48.9 Å². The maximum atomic E-state index is 13.9. The summed E-state index contributed by atoms with van der Waals surface area (Å²) in [6.45, 7) is 1.88. The normalized spacial score (nSPS) is 24.2. The average Bonchev–Trinajstić information content (AvgIpc) is 2.92. The van der Waals surface area contributed by atoms with Crippen LogP contribution in [0.1, 0.15) is 74.8 Å². The van der Waals surface area contributed by atoms with Gasteiger partial charge in [0.25, 0.3) is 0 Å². The minimum atomic E-state index is -0.695. The predicted octanol–water partition coefficient (Wildman–Crippen LogP) is 6.15. The first-order chi connectivity index (χ1) is 18.0. The molecule has 0 amide bonds. The fourth-order valence-electron chi connectivity index (χ4n) is 6.24. The zero-order chi connectivity index (χ0) is 25.9. The van der Waals surface area contributed by atoms with E-state index in [1.807, 2.05) is 43.3 Å². The third-order valence-corrected chi connectivity index (χ3v) is 8.02. The number of esters is 1. The van der Waals surface area contributed by atoms with E-state index in [1.165, 1.54) is 6.42 Å². The maximum absolute atomic E-state index is 13.9. The number of allylic oxidation sites excluding steroid dienone is 2. The van der Waals surface area contributed by atoms with E-state index in [0.717, 1.165) is 42.5 Å². The van der Waals surface area contributed by atoms with Gasteiger partial charge in [-0.25, -0.2) is 0 Å². The molecule has 2 aromatic carbocycles. The molecule has 6 heteroatoms. The highest BCUT2D eigenvalue weighted by atomic mass is 16.5. The van der Waals surface area contributed by atoms with Gasteiger partial charge in [0.1, 0.15) is 12.0 Å². The number of Topliss-reactive ketones (excluding diaryl/α,β-unsaturated/α-hetero) is 1. The summed E-state index contributed by atoms with van der Waals surface area (Å²) in [5.41, 5.74) is 3.93. The van der Waals surface area contributed by atoms with Crippen LogP contribution in [0.25, 0.3) is 0 Å². The molecule has 5 rings (SSSR count). The molecule has 0 radical (unpaired) electrons. The lowest BCUT2D eigenvalue weighted by Gasteiger charge is -2.37. The van der Waals surface area contributed by atoms with E-state index in [-0.39, 0.29) is 23.8 Å². The Kier molecular flexibility index (Phi) is 7.45. The molecule has 0 bridgehead atoms. The van der Waals surface area contributed by atoms with Crippen molar-refractivity contribution in [3.63, 3.8) is 0 Å². The number of hydrogen-bond donors (Lipinski definition) is 0. The zero-order valence-electron chi connectivity index (χ0n) is 21.9. The first-order valence-corrected chi connectivity index (χ1v) is 13.3. The summed E-state index contributed by atoms with van der Waals surface area (Å²) in [6, 6.07) is 15.7. The number of hydrogen-bond acceptors (Lipinski definition) is 6. The number of rotatable bonds is 6. The number of carbonyl (C=O) groups excluding carboxylic acids is 2. The van der Waals surface area contributed by atoms with Crippen LogP contribution in [0, 0.1) is 5.92 Å². The molecule has 1 aliphatic heterocycles. The van der Waals surface area contributed by atoms with Crippen molar-refractivity contribution in [1.29, 1.82) is 0 Å². The lowest BCUT2D eigenvalue weighted by molar-refractivity contribution is -0.153. The van der Waals surface area contributed by atoms with Gasteiger partial charge in [-0.15, -0.1) is 0 Å². The summed E-state index contributed by atoms with van der Waals surface area (Å²) in [5, 5.41) is 0. The van der Waals surface area contributed by atoms with Gasteiger partial charge in [-0.2, -0.15) is 0 Å². The zero-order valence-corrected chi connectivity index (χ0v) is 21.9. The third kappa shape index (κ3) is 4.94. The van der Waals surface area contributed by atoms with Crippen molar-refractivity contribution in [3.8, 4) is 11.5 Å². The van der Waals surface area contributed by atoms with E-state index in [1.54, 1.807) is 14.2 Å². The number of benzene rings is 2. The van der Waals surface area contributed by atoms with Crippen LogP contribution in [0.2, 0.25) is 0 Å². The molecule has 37 heavy (non-hydrogen) atoms. The Balaban J connectivity index is 1.59. The van der Waals surface area contributed by atoms with Crippen LogP contribution >= 0.6 is 0 Å². The Labute approximate surface area is 218 Å². The van der Waals surface area contributed by atoms with Crippen LogP contribution in [0.4, 0.5) is 0 Å². The number of ketones is 1. The second kappa shape index (κ2) is 10.9. The highest BCUT2D eigenvalue weighted by Gasteiger charge is 2.46. The number of carbonyl (C=O) groups is 2. The molecular weight excluding hydrogens is 466 g/mol. The molecule has 3 aliphatic rings. The number of para-hydroxylation sites is 1. The monoisotopic (exact) mass is 501 g/mol. The van der Waals surface area contributed by atoms with Crippen molar-refractivity contribution in [3.05, 3.63) is 70.9 Å². The summed E-state index contributed by atoms with van der Waals surface area (Å²) in [6.07, 6.45) is 6.02. The molecule has 1 fully saturated rings. The predicted molar refractivity (Wildman–Crippen MR) is 142 cm³/mol. The lowest BCUT2D eigenvalue weighted by Crippen LogP contribution is -2.39. The SMILES string of the molecule is COc1cccc([C@@H]2C3=C(C[C@@H](c4ccccc4)CC3=O)N=C(C)C2C(=O)OC2CCCCC2)c1OC. The minimum Gasteiger partial charge on any atom is -0.493 e. The largest absolute Gasteiger partial charge is 0.493 e. The van der Waals surface area contributed by atoms with Crippen LogP contribution in [0.3, 0.4) is 0 Å². The molecule has 1 unspecified atom stereocenters. The van der Waals surface area contributed by atoms with E-state index >= 15 is 0 Å². The van der Waals surface area contributed by atoms with Gasteiger partial charge in [0.2, 0.25) is 0 Å². The maximum Gasteiger partial charge on any atom is 0.315 e. The Morgan fingerprint density at radius 3 is 2.38 bits per heavy atom. The van der Waals surface area contributed by atoms with Crippen LogP contribution in [0.15, 0.2) is 64.8 Å². The second-order valence-electron chi connectivity index (χ2n) is 10.3. The highest BCUT2D eigenvalue weighted by molar-refractivity contribution is 6.09. The molecule has 1 heterocycles. The molecular formula is C31H35NO5. The van der Waals surface area contributed by atoms with Crippen molar-refractivity contribution in [2.24, 2.45) is 10.9 Å². The van der Waals surface area contributed by atoms with Crippen LogP contribution in [0.5, 0.6) is 11.5 Å². The molecule has 2 aromatic rings. The summed E-state index contributed by atoms with van der Waals surface area (Å²) < 4.78 is 17.4. The van der Waals surface area contributed by atoms with Crippen LogP contribution < -0.4 is 9.47 Å².